The molecule has 1 fully saturated rings. The maximum Gasteiger partial charge on any atom is 0.407 e. The number of carbonyl (C=O) groups is 6. The maximum absolute atomic E-state index is 13.2. The minimum atomic E-state index is -1.11. The second kappa shape index (κ2) is 13.6. The van der Waals surface area contributed by atoms with Gasteiger partial charge in [-0.1, -0.05) is 18.2 Å². The Bertz CT molecular complexity index is 1760. The third-order valence-corrected chi connectivity index (χ3v) is 6.99. The lowest BCUT2D eigenvalue weighted by molar-refractivity contribution is -0.136. The molecule has 242 valence electrons. The molecule has 0 aliphatic carbocycles. The van der Waals surface area contributed by atoms with Gasteiger partial charge >= 0.3 is 6.09 Å². The number of ether oxygens (including phenoxy) is 2. The normalized spacial score (nSPS) is 16.1. The van der Waals surface area contributed by atoms with Crippen LogP contribution in [0.2, 0.25) is 0 Å². The van der Waals surface area contributed by atoms with Crippen molar-refractivity contribution in [2.45, 2.75) is 51.8 Å². The van der Waals surface area contributed by atoms with Gasteiger partial charge in [0.1, 0.15) is 17.4 Å². The number of rotatable bonds is 9. The molecule has 5 rings (SSSR count). The number of alkyl carbamates (subject to hydrolysis) is 1. The molecule has 3 aromatic rings. The standard InChI is InChI=1S/C33H32N6O8/c1-33(2,3)47-32(45)34-17-19-7-9-21(10-8-19)37-38-22-13-11-20(12-14-22)35-27(41)18-46-25-6-4-5-23-28(25)31(44)39(30(23)43)24-15-16-26(40)36-29(24)42/h4-14,24H,15-18H2,1-3H3,(H,34,45)(H,35,41)(H,36,40,42)/b38-37+. The second-order valence-corrected chi connectivity index (χ2v) is 11.7. The summed E-state index contributed by atoms with van der Waals surface area (Å²) in [6, 6.07) is 17.1. The van der Waals surface area contributed by atoms with E-state index in [1.807, 2.05) is 12.1 Å². The highest BCUT2D eigenvalue weighted by Gasteiger charge is 2.46. The van der Waals surface area contributed by atoms with Crippen LogP contribution in [0.25, 0.3) is 0 Å². The molecule has 1 unspecified atom stereocenters. The van der Waals surface area contributed by atoms with Crippen molar-refractivity contribution in [1.29, 1.82) is 0 Å². The number of anilines is 1. The summed E-state index contributed by atoms with van der Waals surface area (Å²) in [6.45, 7) is 5.23. The van der Waals surface area contributed by atoms with E-state index in [0.29, 0.717) is 23.6 Å². The van der Waals surface area contributed by atoms with E-state index in [4.69, 9.17) is 9.47 Å². The third kappa shape index (κ3) is 8.03. The minimum Gasteiger partial charge on any atom is -0.483 e. The van der Waals surface area contributed by atoms with Crippen molar-refractivity contribution in [3.05, 3.63) is 83.4 Å². The number of carbonyl (C=O) groups excluding carboxylic acids is 6. The van der Waals surface area contributed by atoms with Crippen molar-refractivity contribution in [2.24, 2.45) is 10.2 Å². The van der Waals surface area contributed by atoms with Crippen LogP contribution in [0.3, 0.4) is 0 Å². The van der Waals surface area contributed by atoms with Crippen molar-refractivity contribution in [3.8, 4) is 5.75 Å². The summed E-state index contributed by atoms with van der Waals surface area (Å²) in [7, 11) is 0. The SMILES string of the molecule is CC(C)(C)OC(=O)NCc1ccc(/N=N/c2ccc(NC(=O)COc3cccc4c3C(=O)N(C3CCC(=O)NC3=O)C4=O)cc2)cc1. The molecule has 14 nitrogen and oxygen atoms in total. The Morgan fingerprint density at radius 1 is 0.915 bits per heavy atom. The van der Waals surface area contributed by atoms with Gasteiger partial charge in [0, 0.05) is 18.7 Å². The molecule has 0 saturated carbocycles. The van der Waals surface area contributed by atoms with Gasteiger partial charge in [-0.3, -0.25) is 34.2 Å². The minimum absolute atomic E-state index is 0.00295. The zero-order valence-electron chi connectivity index (χ0n) is 25.9. The van der Waals surface area contributed by atoms with Crippen LogP contribution >= 0.6 is 0 Å². The summed E-state index contributed by atoms with van der Waals surface area (Å²) < 4.78 is 10.8. The van der Waals surface area contributed by atoms with Gasteiger partial charge in [0.2, 0.25) is 11.8 Å². The van der Waals surface area contributed by atoms with Crippen LogP contribution in [0.5, 0.6) is 5.75 Å². The van der Waals surface area contributed by atoms with Gasteiger partial charge in [-0.2, -0.15) is 10.2 Å². The molecule has 3 N–H and O–H groups in total. The highest BCUT2D eigenvalue weighted by atomic mass is 16.6. The van der Waals surface area contributed by atoms with E-state index in [2.05, 4.69) is 26.2 Å². The van der Waals surface area contributed by atoms with Crippen LogP contribution in [0, 0.1) is 0 Å². The summed E-state index contributed by atoms with van der Waals surface area (Å²) in [5.74, 6) is -3.08. The summed E-state index contributed by atoms with van der Waals surface area (Å²) >= 11 is 0. The number of hydrogen-bond donors (Lipinski definition) is 3. The Balaban J connectivity index is 1.12. The molecular formula is C33H32N6O8. The fourth-order valence-electron chi connectivity index (χ4n) is 4.84. The zero-order valence-corrected chi connectivity index (χ0v) is 25.9. The Hall–Kier alpha value is -5.92. The van der Waals surface area contributed by atoms with Gasteiger partial charge in [0.25, 0.3) is 17.7 Å². The quantitative estimate of drug-likeness (QED) is 0.225. The monoisotopic (exact) mass is 640 g/mol. The van der Waals surface area contributed by atoms with E-state index in [9.17, 15) is 28.8 Å². The van der Waals surface area contributed by atoms with E-state index >= 15 is 0 Å². The van der Waals surface area contributed by atoms with E-state index in [0.717, 1.165) is 10.5 Å². The van der Waals surface area contributed by atoms with Gasteiger partial charge in [0.05, 0.1) is 22.5 Å². The maximum atomic E-state index is 13.2. The van der Waals surface area contributed by atoms with Crippen LogP contribution in [0.15, 0.2) is 77.0 Å². The molecule has 2 aliphatic rings. The molecule has 0 radical (unpaired) electrons. The zero-order chi connectivity index (χ0) is 33.7. The first-order valence-electron chi connectivity index (χ1n) is 14.7. The summed E-state index contributed by atoms with van der Waals surface area (Å²) in [5, 5.41) is 15.9. The van der Waals surface area contributed by atoms with Crippen LogP contribution in [0.4, 0.5) is 21.9 Å². The smallest absolute Gasteiger partial charge is 0.407 e. The average Bonchev–Trinajstić information content (AvgIpc) is 3.28. The van der Waals surface area contributed by atoms with Crippen molar-refractivity contribution in [3.63, 3.8) is 0 Å². The lowest BCUT2D eigenvalue weighted by Crippen LogP contribution is -2.54. The third-order valence-electron chi connectivity index (χ3n) is 6.99. The number of amides is 6. The van der Waals surface area contributed by atoms with Crippen LogP contribution in [-0.2, 0) is 25.7 Å². The number of nitrogens with zero attached hydrogens (tertiary/aromatic N) is 3. The number of hydrogen-bond acceptors (Lipinski definition) is 10. The molecule has 0 bridgehead atoms. The van der Waals surface area contributed by atoms with Crippen molar-refractivity contribution in [2.75, 3.05) is 11.9 Å². The predicted molar refractivity (Wildman–Crippen MR) is 167 cm³/mol. The van der Waals surface area contributed by atoms with E-state index in [1.54, 1.807) is 57.2 Å². The predicted octanol–water partition coefficient (Wildman–Crippen LogP) is 4.55. The molecule has 2 aliphatic heterocycles. The largest absolute Gasteiger partial charge is 0.483 e. The molecule has 6 amide bonds. The van der Waals surface area contributed by atoms with Gasteiger partial charge in [-0.25, -0.2) is 4.79 Å². The number of benzene rings is 3. The first-order valence-corrected chi connectivity index (χ1v) is 14.7. The summed E-state index contributed by atoms with van der Waals surface area (Å²) in [5.41, 5.74) is 1.91. The Morgan fingerprint density at radius 3 is 2.21 bits per heavy atom. The fraction of sp³-hybridized carbons (Fsp3) is 0.273. The molecule has 14 heteroatoms. The van der Waals surface area contributed by atoms with E-state index < -0.39 is 53.9 Å². The van der Waals surface area contributed by atoms with Gasteiger partial charge in [-0.05, 0) is 81.3 Å². The Morgan fingerprint density at radius 2 is 1.57 bits per heavy atom. The van der Waals surface area contributed by atoms with E-state index in [1.165, 1.54) is 18.2 Å². The Kier molecular flexibility index (Phi) is 9.40. The number of azo groups is 1. The lowest BCUT2D eigenvalue weighted by Gasteiger charge is -2.27. The molecular weight excluding hydrogens is 608 g/mol. The number of piperidine rings is 1. The highest BCUT2D eigenvalue weighted by Crippen LogP contribution is 2.33. The van der Waals surface area contributed by atoms with Gasteiger partial charge in [0.15, 0.2) is 6.61 Å². The van der Waals surface area contributed by atoms with Crippen LogP contribution in [0.1, 0.15) is 59.9 Å². The van der Waals surface area contributed by atoms with Crippen LogP contribution < -0.4 is 20.7 Å². The molecule has 3 aromatic carbocycles. The highest BCUT2D eigenvalue weighted by molar-refractivity contribution is 6.24. The molecule has 2 heterocycles. The number of fused-ring (bicyclic) bond motifs is 1. The molecule has 1 saturated heterocycles. The number of imide groups is 2. The first kappa shape index (κ1) is 32.5. The molecule has 0 aromatic heterocycles. The Labute approximate surface area is 269 Å². The van der Waals surface area contributed by atoms with Gasteiger partial charge in [-0.15, -0.1) is 0 Å². The second-order valence-electron chi connectivity index (χ2n) is 11.7. The van der Waals surface area contributed by atoms with Crippen LogP contribution in [-0.4, -0.2) is 58.8 Å². The molecule has 1 atom stereocenters. The van der Waals surface area contributed by atoms with E-state index in [-0.39, 0.29) is 29.7 Å². The van der Waals surface area contributed by atoms with Crippen molar-refractivity contribution in [1.82, 2.24) is 15.5 Å². The van der Waals surface area contributed by atoms with Crippen molar-refractivity contribution < 1.29 is 38.2 Å². The summed E-state index contributed by atoms with van der Waals surface area (Å²) in [6.07, 6.45) is -0.469. The molecule has 47 heavy (non-hydrogen) atoms. The van der Waals surface area contributed by atoms with Gasteiger partial charge < -0.3 is 20.1 Å². The topological polar surface area (TPSA) is 185 Å². The lowest BCUT2D eigenvalue weighted by atomic mass is 10.0. The first-order chi connectivity index (χ1) is 22.4. The van der Waals surface area contributed by atoms with Crippen molar-refractivity contribution >= 4 is 52.7 Å². The average molecular weight is 641 g/mol. The molecule has 0 spiro atoms. The number of nitrogens with one attached hydrogen (secondary N) is 3. The fourth-order valence-corrected chi connectivity index (χ4v) is 4.84. The summed E-state index contributed by atoms with van der Waals surface area (Å²) in [4.78, 5) is 75.3.